The van der Waals surface area contributed by atoms with Gasteiger partial charge in [-0.1, -0.05) is 0 Å². The second-order valence-corrected chi connectivity index (χ2v) is 7.03. The Kier molecular flexibility index (Phi) is 6.51. The number of nitrogens with one attached hydrogen (secondary N) is 2. The Balaban J connectivity index is 1.57. The smallest absolute Gasteiger partial charge is 0.319 e. The summed E-state index contributed by atoms with van der Waals surface area (Å²) in [6.07, 6.45) is 2.17. The van der Waals surface area contributed by atoms with Crippen LogP contribution in [0.4, 0.5) is 20.6 Å². The Morgan fingerprint density at radius 2 is 2.04 bits per heavy atom. The molecule has 28 heavy (non-hydrogen) atoms. The first-order chi connectivity index (χ1) is 13.5. The average Bonchev–Trinajstić information content (AvgIpc) is 3.27. The van der Waals surface area contributed by atoms with Gasteiger partial charge in [0.2, 0.25) is 0 Å². The molecule has 2 heterocycles. The molecular weight excluding hydrogens is 361 g/mol. The van der Waals surface area contributed by atoms with Crippen LogP contribution in [0.2, 0.25) is 0 Å². The largest absolute Gasteiger partial charge is 0.383 e. The molecule has 1 aliphatic rings. The van der Waals surface area contributed by atoms with Crippen molar-refractivity contribution < 1.29 is 13.9 Å². The van der Waals surface area contributed by atoms with Gasteiger partial charge in [-0.25, -0.2) is 9.18 Å². The molecule has 2 amide bonds. The Labute approximate surface area is 164 Å². The topological polar surface area (TPSA) is 71.4 Å². The van der Waals surface area contributed by atoms with E-state index in [-0.39, 0.29) is 11.8 Å². The molecule has 1 saturated heterocycles. The van der Waals surface area contributed by atoms with Crippen LogP contribution in [-0.2, 0) is 17.8 Å². The van der Waals surface area contributed by atoms with Crippen molar-refractivity contribution in [3.05, 3.63) is 41.0 Å². The number of rotatable bonds is 7. The highest BCUT2D eigenvalue weighted by atomic mass is 19.1. The Hall–Kier alpha value is -2.61. The number of halogens is 1. The first kappa shape index (κ1) is 20.1. The third-order valence-corrected chi connectivity index (χ3v) is 5.12. The van der Waals surface area contributed by atoms with E-state index in [1.54, 1.807) is 19.2 Å². The number of aromatic nitrogens is 2. The van der Waals surface area contributed by atoms with E-state index in [2.05, 4.69) is 15.7 Å². The fraction of sp³-hybridized carbons (Fsp3) is 0.500. The van der Waals surface area contributed by atoms with Crippen molar-refractivity contribution in [3.8, 4) is 0 Å². The molecule has 152 valence electrons. The van der Waals surface area contributed by atoms with Gasteiger partial charge in [-0.15, -0.1) is 0 Å². The van der Waals surface area contributed by atoms with Gasteiger partial charge in [-0.2, -0.15) is 5.10 Å². The number of hydrogen-bond donors (Lipinski definition) is 2. The number of hydrogen-bond acceptors (Lipinski definition) is 4. The van der Waals surface area contributed by atoms with E-state index in [0.29, 0.717) is 31.1 Å². The van der Waals surface area contributed by atoms with E-state index in [0.717, 1.165) is 42.9 Å². The van der Waals surface area contributed by atoms with Crippen LogP contribution in [0.15, 0.2) is 18.2 Å². The van der Waals surface area contributed by atoms with Gasteiger partial charge in [0.05, 0.1) is 24.5 Å². The molecular formula is C20H28FN5O2. The molecule has 2 aromatic rings. The third-order valence-electron chi connectivity index (χ3n) is 5.12. The lowest BCUT2D eigenvalue weighted by Crippen LogP contribution is -2.28. The van der Waals surface area contributed by atoms with Crippen molar-refractivity contribution in [1.82, 2.24) is 15.1 Å². The number of carbonyl (C=O) groups excluding carboxylic acids is 1. The summed E-state index contributed by atoms with van der Waals surface area (Å²) in [5, 5.41) is 9.99. The molecule has 0 unspecified atom stereocenters. The van der Waals surface area contributed by atoms with Crippen LogP contribution in [0.5, 0.6) is 0 Å². The molecule has 1 fully saturated rings. The number of aryl methyl sites for hydroxylation is 1. The van der Waals surface area contributed by atoms with E-state index in [1.807, 2.05) is 23.4 Å². The standard InChI is InChI=1S/C20H28FN5O2/c1-14-17(15(2)26(24-14)10-11-28-3)13-22-20(27)23-16-6-7-19(18(21)12-16)25-8-4-5-9-25/h6-7,12H,4-5,8-11,13H2,1-3H3,(H2,22,23,27). The fourth-order valence-electron chi connectivity index (χ4n) is 3.53. The average molecular weight is 389 g/mol. The molecule has 1 aromatic carbocycles. The van der Waals surface area contributed by atoms with Crippen LogP contribution in [0.1, 0.15) is 29.8 Å². The number of nitrogens with zero attached hydrogens (tertiary/aromatic N) is 3. The molecule has 7 nitrogen and oxygen atoms in total. The number of benzene rings is 1. The molecule has 1 aromatic heterocycles. The summed E-state index contributed by atoms with van der Waals surface area (Å²) in [4.78, 5) is 14.3. The molecule has 3 rings (SSSR count). The Morgan fingerprint density at radius 1 is 1.29 bits per heavy atom. The first-order valence-corrected chi connectivity index (χ1v) is 9.60. The second kappa shape index (κ2) is 9.05. The monoisotopic (exact) mass is 389 g/mol. The second-order valence-electron chi connectivity index (χ2n) is 7.03. The minimum Gasteiger partial charge on any atom is -0.383 e. The summed E-state index contributed by atoms with van der Waals surface area (Å²) in [7, 11) is 1.65. The van der Waals surface area contributed by atoms with Crippen molar-refractivity contribution >= 4 is 17.4 Å². The number of carbonyl (C=O) groups is 1. The highest BCUT2D eigenvalue weighted by Gasteiger charge is 2.17. The zero-order chi connectivity index (χ0) is 20.1. The maximum absolute atomic E-state index is 14.4. The zero-order valence-electron chi connectivity index (χ0n) is 16.7. The maximum atomic E-state index is 14.4. The quantitative estimate of drug-likeness (QED) is 0.763. The van der Waals surface area contributed by atoms with Crippen LogP contribution in [0.3, 0.4) is 0 Å². The SMILES string of the molecule is COCCn1nc(C)c(CNC(=O)Nc2ccc(N3CCCC3)c(F)c2)c1C. The highest BCUT2D eigenvalue weighted by molar-refractivity contribution is 5.89. The highest BCUT2D eigenvalue weighted by Crippen LogP contribution is 2.26. The van der Waals surface area contributed by atoms with Crippen LogP contribution in [0, 0.1) is 19.7 Å². The Morgan fingerprint density at radius 3 is 2.71 bits per heavy atom. The molecule has 2 N–H and O–H groups in total. The van der Waals surface area contributed by atoms with Gasteiger partial charge in [0, 0.05) is 43.7 Å². The lowest BCUT2D eigenvalue weighted by atomic mass is 10.2. The third kappa shape index (κ3) is 4.62. The number of methoxy groups -OCH3 is 1. The van der Waals surface area contributed by atoms with Crippen LogP contribution < -0.4 is 15.5 Å². The van der Waals surface area contributed by atoms with Crippen molar-refractivity contribution in [1.29, 1.82) is 0 Å². The van der Waals surface area contributed by atoms with Gasteiger partial charge < -0.3 is 20.3 Å². The minimum absolute atomic E-state index is 0.314. The van der Waals surface area contributed by atoms with Crippen LogP contribution >= 0.6 is 0 Å². The Bertz CT molecular complexity index is 830. The van der Waals surface area contributed by atoms with Gasteiger partial charge in [0.25, 0.3) is 0 Å². The van der Waals surface area contributed by atoms with Crippen LogP contribution in [0.25, 0.3) is 0 Å². The van der Waals surface area contributed by atoms with E-state index in [9.17, 15) is 9.18 Å². The van der Waals surface area contributed by atoms with Gasteiger partial charge in [0.1, 0.15) is 5.82 Å². The molecule has 0 atom stereocenters. The van der Waals surface area contributed by atoms with Gasteiger partial charge >= 0.3 is 6.03 Å². The summed E-state index contributed by atoms with van der Waals surface area (Å²) in [5.41, 5.74) is 3.87. The summed E-state index contributed by atoms with van der Waals surface area (Å²) >= 11 is 0. The van der Waals surface area contributed by atoms with Gasteiger partial charge in [0.15, 0.2) is 0 Å². The number of amides is 2. The summed E-state index contributed by atoms with van der Waals surface area (Å²) in [6.45, 7) is 7.23. The molecule has 0 radical (unpaired) electrons. The first-order valence-electron chi connectivity index (χ1n) is 9.60. The van der Waals surface area contributed by atoms with Crippen molar-refractivity contribution in [2.45, 2.75) is 39.8 Å². The predicted molar refractivity (Wildman–Crippen MR) is 107 cm³/mol. The van der Waals surface area contributed by atoms with E-state index < -0.39 is 0 Å². The number of urea groups is 1. The predicted octanol–water partition coefficient (Wildman–Crippen LogP) is 3.21. The van der Waals surface area contributed by atoms with Crippen molar-refractivity contribution in [3.63, 3.8) is 0 Å². The molecule has 0 bridgehead atoms. The van der Waals surface area contributed by atoms with Gasteiger partial charge in [-0.05, 0) is 44.9 Å². The lowest BCUT2D eigenvalue weighted by molar-refractivity contribution is 0.182. The minimum atomic E-state index is -0.378. The molecule has 0 aliphatic carbocycles. The molecule has 8 heteroatoms. The van der Waals surface area contributed by atoms with Crippen LogP contribution in [-0.4, -0.2) is 42.6 Å². The summed E-state index contributed by atoms with van der Waals surface area (Å²) in [5.74, 6) is -0.314. The zero-order valence-corrected chi connectivity index (χ0v) is 16.7. The van der Waals surface area contributed by atoms with Gasteiger partial charge in [-0.3, -0.25) is 4.68 Å². The summed E-state index contributed by atoms with van der Waals surface area (Å²) < 4.78 is 21.3. The molecule has 1 aliphatic heterocycles. The number of ether oxygens (including phenoxy) is 1. The normalized spacial score (nSPS) is 13.8. The van der Waals surface area contributed by atoms with Crippen molar-refractivity contribution in [2.75, 3.05) is 37.0 Å². The summed E-state index contributed by atoms with van der Waals surface area (Å²) in [6, 6.07) is 4.45. The number of anilines is 2. The van der Waals surface area contributed by atoms with E-state index in [1.165, 1.54) is 6.07 Å². The molecule has 0 saturated carbocycles. The van der Waals surface area contributed by atoms with E-state index >= 15 is 0 Å². The molecule has 0 spiro atoms. The van der Waals surface area contributed by atoms with E-state index in [4.69, 9.17) is 4.74 Å². The lowest BCUT2D eigenvalue weighted by Gasteiger charge is -2.19. The maximum Gasteiger partial charge on any atom is 0.319 e. The fourth-order valence-corrected chi connectivity index (χ4v) is 3.53. The van der Waals surface area contributed by atoms with Crippen molar-refractivity contribution in [2.24, 2.45) is 0 Å².